The molecule has 4 rings (SSSR count). The van der Waals surface area contributed by atoms with Gasteiger partial charge in [-0.2, -0.15) is 5.10 Å². The zero-order valence-corrected chi connectivity index (χ0v) is 14.6. The SMILES string of the molecule is O=C(NCc1nn(Cc2ccccc2)c2ccccc12)c1ccccc1F. The van der Waals surface area contributed by atoms with Crippen molar-refractivity contribution in [3.8, 4) is 0 Å². The predicted octanol–water partition coefficient (Wildman–Crippen LogP) is 4.15. The van der Waals surface area contributed by atoms with E-state index in [1.54, 1.807) is 12.1 Å². The Hall–Kier alpha value is -3.47. The first-order valence-electron chi connectivity index (χ1n) is 8.73. The Bertz CT molecular complexity index is 1090. The summed E-state index contributed by atoms with van der Waals surface area (Å²) in [5.41, 5.74) is 2.93. The number of rotatable bonds is 5. The topological polar surface area (TPSA) is 46.9 Å². The van der Waals surface area contributed by atoms with Crippen LogP contribution in [0.5, 0.6) is 0 Å². The molecular formula is C22H18FN3O. The van der Waals surface area contributed by atoms with E-state index in [0.29, 0.717) is 6.54 Å². The van der Waals surface area contributed by atoms with Crippen molar-refractivity contribution in [1.82, 2.24) is 15.1 Å². The maximum absolute atomic E-state index is 13.8. The molecule has 0 atom stereocenters. The van der Waals surface area contributed by atoms with E-state index in [2.05, 4.69) is 22.5 Å². The van der Waals surface area contributed by atoms with Gasteiger partial charge in [0.05, 0.1) is 29.9 Å². The number of hydrogen-bond donors (Lipinski definition) is 1. The van der Waals surface area contributed by atoms with E-state index in [-0.39, 0.29) is 12.1 Å². The molecule has 0 aliphatic carbocycles. The van der Waals surface area contributed by atoms with Crippen LogP contribution < -0.4 is 5.32 Å². The van der Waals surface area contributed by atoms with Crippen molar-refractivity contribution < 1.29 is 9.18 Å². The summed E-state index contributed by atoms with van der Waals surface area (Å²) in [5, 5.41) is 8.43. The van der Waals surface area contributed by atoms with Gasteiger partial charge in [-0.3, -0.25) is 9.48 Å². The Labute approximate surface area is 156 Å². The molecular weight excluding hydrogens is 341 g/mol. The Morgan fingerprint density at radius 1 is 0.926 bits per heavy atom. The molecule has 0 radical (unpaired) electrons. The van der Waals surface area contributed by atoms with Crippen molar-refractivity contribution in [3.05, 3.63) is 102 Å². The highest BCUT2D eigenvalue weighted by molar-refractivity contribution is 5.94. The van der Waals surface area contributed by atoms with Gasteiger partial charge in [-0.05, 0) is 23.8 Å². The van der Waals surface area contributed by atoms with E-state index < -0.39 is 11.7 Å². The Kier molecular flexibility index (Phi) is 4.66. The Morgan fingerprint density at radius 2 is 1.63 bits per heavy atom. The van der Waals surface area contributed by atoms with Crippen molar-refractivity contribution in [2.75, 3.05) is 0 Å². The van der Waals surface area contributed by atoms with Crippen LogP contribution >= 0.6 is 0 Å². The largest absolute Gasteiger partial charge is 0.346 e. The Balaban J connectivity index is 1.59. The minimum atomic E-state index is -0.533. The van der Waals surface area contributed by atoms with Crippen LogP contribution in [0.2, 0.25) is 0 Å². The minimum absolute atomic E-state index is 0.0329. The van der Waals surface area contributed by atoms with Crippen molar-refractivity contribution in [2.24, 2.45) is 0 Å². The fourth-order valence-electron chi connectivity index (χ4n) is 3.11. The molecule has 5 heteroatoms. The number of amides is 1. The average molecular weight is 359 g/mol. The molecule has 0 saturated carbocycles. The molecule has 0 spiro atoms. The highest BCUT2D eigenvalue weighted by atomic mass is 19.1. The second kappa shape index (κ2) is 7.41. The summed E-state index contributed by atoms with van der Waals surface area (Å²) in [6, 6.07) is 23.9. The molecule has 3 aromatic carbocycles. The second-order valence-electron chi connectivity index (χ2n) is 6.27. The molecule has 1 aromatic heterocycles. The number of nitrogens with zero attached hydrogens (tertiary/aromatic N) is 2. The van der Waals surface area contributed by atoms with Gasteiger partial charge in [-0.15, -0.1) is 0 Å². The lowest BCUT2D eigenvalue weighted by molar-refractivity contribution is 0.0946. The van der Waals surface area contributed by atoms with E-state index >= 15 is 0 Å². The zero-order valence-electron chi connectivity index (χ0n) is 14.6. The lowest BCUT2D eigenvalue weighted by atomic mass is 10.2. The van der Waals surface area contributed by atoms with Gasteiger partial charge in [0, 0.05) is 5.39 Å². The molecule has 0 aliphatic heterocycles. The van der Waals surface area contributed by atoms with Gasteiger partial charge in [0.25, 0.3) is 5.91 Å². The highest BCUT2D eigenvalue weighted by Crippen LogP contribution is 2.20. The summed E-state index contributed by atoms with van der Waals surface area (Å²) in [7, 11) is 0. The number of carbonyl (C=O) groups is 1. The predicted molar refractivity (Wildman–Crippen MR) is 103 cm³/mol. The number of benzene rings is 3. The van der Waals surface area contributed by atoms with Crippen LogP contribution in [0.15, 0.2) is 78.9 Å². The second-order valence-corrected chi connectivity index (χ2v) is 6.27. The quantitative estimate of drug-likeness (QED) is 0.582. The third kappa shape index (κ3) is 3.58. The number of nitrogens with one attached hydrogen (secondary N) is 1. The molecule has 0 saturated heterocycles. The molecule has 1 N–H and O–H groups in total. The number of para-hydroxylation sites is 1. The molecule has 4 nitrogen and oxygen atoms in total. The van der Waals surface area contributed by atoms with E-state index in [0.717, 1.165) is 22.2 Å². The third-order valence-electron chi connectivity index (χ3n) is 4.44. The van der Waals surface area contributed by atoms with Crippen molar-refractivity contribution in [3.63, 3.8) is 0 Å². The molecule has 134 valence electrons. The number of fused-ring (bicyclic) bond motifs is 1. The zero-order chi connectivity index (χ0) is 18.6. The molecule has 1 amide bonds. The number of aromatic nitrogens is 2. The number of hydrogen-bond acceptors (Lipinski definition) is 2. The molecule has 4 aromatic rings. The maximum atomic E-state index is 13.8. The third-order valence-corrected chi connectivity index (χ3v) is 4.44. The first-order valence-corrected chi connectivity index (χ1v) is 8.73. The van der Waals surface area contributed by atoms with Crippen LogP contribution in [0.4, 0.5) is 4.39 Å². The summed E-state index contributed by atoms with van der Waals surface area (Å²) >= 11 is 0. The first-order chi connectivity index (χ1) is 13.2. The van der Waals surface area contributed by atoms with E-state index in [4.69, 9.17) is 0 Å². The minimum Gasteiger partial charge on any atom is -0.346 e. The summed E-state index contributed by atoms with van der Waals surface area (Å²) in [5.74, 6) is -0.982. The van der Waals surface area contributed by atoms with Crippen molar-refractivity contribution >= 4 is 16.8 Å². The summed E-state index contributed by atoms with van der Waals surface area (Å²) in [6.45, 7) is 0.873. The average Bonchev–Trinajstić information content (AvgIpc) is 3.05. The van der Waals surface area contributed by atoms with Gasteiger partial charge < -0.3 is 5.32 Å². The standard InChI is InChI=1S/C22H18FN3O/c23-19-12-6-4-10-17(19)22(27)24-14-20-18-11-5-7-13-21(18)26(25-20)15-16-8-2-1-3-9-16/h1-13H,14-15H2,(H,24,27). The molecule has 27 heavy (non-hydrogen) atoms. The summed E-state index contributed by atoms with van der Waals surface area (Å²) in [6.07, 6.45) is 0. The van der Waals surface area contributed by atoms with E-state index in [1.807, 2.05) is 47.1 Å². The molecule has 1 heterocycles. The van der Waals surface area contributed by atoms with Gasteiger partial charge in [-0.25, -0.2) is 4.39 Å². The van der Waals surface area contributed by atoms with Crippen LogP contribution in [-0.4, -0.2) is 15.7 Å². The maximum Gasteiger partial charge on any atom is 0.254 e. The van der Waals surface area contributed by atoms with Crippen LogP contribution in [-0.2, 0) is 13.1 Å². The normalized spacial score (nSPS) is 10.9. The van der Waals surface area contributed by atoms with E-state index in [1.165, 1.54) is 12.1 Å². The highest BCUT2D eigenvalue weighted by Gasteiger charge is 2.14. The number of halogens is 1. The first kappa shape index (κ1) is 17.0. The van der Waals surface area contributed by atoms with E-state index in [9.17, 15) is 9.18 Å². The van der Waals surface area contributed by atoms with Gasteiger partial charge in [0.2, 0.25) is 0 Å². The molecule has 0 bridgehead atoms. The summed E-state index contributed by atoms with van der Waals surface area (Å²) < 4.78 is 15.7. The lowest BCUT2D eigenvalue weighted by Gasteiger charge is -2.05. The fourth-order valence-corrected chi connectivity index (χ4v) is 3.11. The monoisotopic (exact) mass is 359 g/mol. The van der Waals surface area contributed by atoms with Gasteiger partial charge in [-0.1, -0.05) is 60.7 Å². The van der Waals surface area contributed by atoms with Crippen LogP contribution in [0.25, 0.3) is 10.9 Å². The molecule has 0 unspecified atom stereocenters. The smallest absolute Gasteiger partial charge is 0.254 e. The van der Waals surface area contributed by atoms with Gasteiger partial charge in [0.1, 0.15) is 5.82 Å². The number of carbonyl (C=O) groups excluding carboxylic acids is 1. The van der Waals surface area contributed by atoms with Gasteiger partial charge >= 0.3 is 0 Å². The Morgan fingerprint density at radius 3 is 2.44 bits per heavy atom. The van der Waals surface area contributed by atoms with Crippen molar-refractivity contribution in [2.45, 2.75) is 13.1 Å². The van der Waals surface area contributed by atoms with Gasteiger partial charge in [0.15, 0.2) is 0 Å². The lowest BCUT2D eigenvalue weighted by Crippen LogP contribution is -2.24. The fraction of sp³-hybridized carbons (Fsp3) is 0.0909. The van der Waals surface area contributed by atoms with Crippen LogP contribution in [0, 0.1) is 5.82 Å². The molecule has 0 aliphatic rings. The van der Waals surface area contributed by atoms with Crippen LogP contribution in [0.1, 0.15) is 21.6 Å². The summed E-state index contributed by atoms with van der Waals surface area (Å²) in [4.78, 5) is 12.3. The molecule has 0 fully saturated rings. The van der Waals surface area contributed by atoms with Crippen LogP contribution in [0.3, 0.4) is 0 Å². The van der Waals surface area contributed by atoms with Crippen molar-refractivity contribution in [1.29, 1.82) is 0 Å².